The van der Waals surface area contributed by atoms with Crippen molar-refractivity contribution < 1.29 is 14.6 Å². The molecule has 2 unspecified atom stereocenters. The highest BCUT2D eigenvalue weighted by atomic mass is 19.1. The second-order valence-electron chi connectivity index (χ2n) is 4.50. The van der Waals surface area contributed by atoms with Gasteiger partial charge in [0.2, 0.25) is 0 Å². The molecule has 2 N–H and O–H groups in total. The molecule has 3 heteroatoms. The number of benzene rings is 1. The Labute approximate surface area is 119 Å². The zero-order valence-electron chi connectivity index (χ0n) is 11.6. The number of hydrogen-bond acceptors (Lipinski definition) is 2. The first-order valence-electron chi connectivity index (χ1n) is 6.76. The van der Waals surface area contributed by atoms with Crippen molar-refractivity contribution in [2.75, 3.05) is 0 Å². The number of hydrogen-bond donors (Lipinski definition) is 2. The Morgan fingerprint density at radius 2 is 1.70 bits per heavy atom. The van der Waals surface area contributed by atoms with E-state index < -0.39 is 12.2 Å². The summed E-state index contributed by atoms with van der Waals surface area (Å²) < 4.78 is 12.7. The van der Waals surface area contributed by atoms with Gasteiger partial charge in [0.25, 0.3) is 0 Å². The molecule has 0 saturated heterocycles. The third-order valence-electron chi connectivity index (χ3n) is 2.78. The fraction of sp³-hybridized carbons (Fsp3) is 0.412. The molecule has 20 heavy (non-hydrogen) atoms. The van der Waals surface area contributed by atoms with Crippen LogP contribution in [-0.2, 0) is 0 Å². The summed E-state index contributed by atoms with van der Waals surface area (Å²) in [5.41, 5.74) is 0.518. The Hall–Kier alpha value is -1.81. The number of halogens is 1. The quantitative estimate of drug-likeness (QED) is 0.640. The highest BCUT2D eigenvalue weighted by Crippen LogP contribution is 2.11. The molecule has 0 aliphatic rings. The summed E-state index contributed by atoms with van der Waals surface area (Å²) in [6.45, 7) is 2.10. The van der Waals surface area contributed by atoms with Gasteiger partial charge in [-0.05, 0) is 42.4 Å². The number of aliphatic hydroxyl groups excluding tert-OH is 2. The van der Waals surface area contributed by atoms with E-state index in [1.54, 1.807) is 0 Å². The molecule has 0 fully saturated rings. The van der Waals surface area contributed by atoms with E-state index in [1.807, 2.05) is 0 Å². The normalized spacial score (nSPS) is 12.6. The molecule has 0 amide bonds. The van der Waals surface area contributed by atoms with Gasteiger partial charge in [0.05, 0.1) is 0 Å². The summed E-state index contributed by atoms with van der Waals surface area (Å²) in [5.74, 6) is 9.83. The molecular formula is C17H19FO2. The van der Waals surface area contributed by atoms with Crippen LogP contribution in [0.4, 0.5) is 4.39 Å². The van der Waals surface area contributed by atoms with Crippen LogP contribution in [0.15, 0.2) is 24.3 Å². The predicted molar refractivity (Wildman–Crippen MR) is 77.1 cm³/mol. The van der Waals surface area contributed by atoms with Gasteiger partial charge >= 0.3 is 0 Å². The minimum Gasteiger partial charge on any atom is -0.380 e. The van der Waals surface area contributed by atoms with Crippen molar-refractivity contribution in [3.63, 3.8) is 0 Å². The minimum atomic E-state index is -0.998. The van der Waals surface area contributed by atoms with Crippen LogP contribution in [0.1, 0.15) is 44.3 Å². The third-order valence-corrected chi connectivity index (χ3v) is 2.78. The van der Waals surface area contributed by atoms with Crippen LogP contribution in [0.25, 0.3) is 0 Å². The lowest BCUT2D eigenvalue weighted by Gasteiger charge is -2.02. The van der Waals surface area contributed by atoms with Crippen molar-refractivity contribution in [3.8, 4) is 23.7 Å². The fourth-order valence-corrected chi connectivity index (χ4v) is 1.61. The molecule has 2 nitrogen and oxygen atoms in total. The summed E-state index contributed by atoms with van der Waals surface area (Å²) in [6.07, 6.45) is 2.10. The highest BCUT2D eigenvalue weighted by Gasteiger charge is 2.02. The number of unbranched alkanes of at least 4 members (excludes halogenated alkanes) is 2. The third kappa shape index (κ3) is 6.38. The molecule has 106 valence electrons. The van der Waals surface area contributed by atoms with E-state index in [9.17, 15) is 14.6 Å². The maximum absolute atomic E-state index is 12.7. The summed E-state index contributed by atoms with van der Waals surface area (Å²) in [6, 6.07) is 5.48. The highest BCUT2D eigenvalue weighted by molar-refractivity contribution is 5.32. The SMILES string of the molecule is CCCCCC(O)C#CC#CC(O)c1ccc(F)cc1. The Bertz CT molecular complexity index is 514. The van der Waals surface area contributed by atoms with E-state index in [0.717, 1.165) is 19.3 Å². The Kier molecular flexibility index (Phi) is 7.43. The molecule has 0 bridgehead atoms. The van der Waals surface area contributed by atoms with Gasteiger partial charge in [-0.2, -0.15) is 0 Å². The summed E-state index contributed by atoms with van der Waals surface area (Å²) >= 11 is 0. The molecule has 1 aromatic rings. The average molecular weight is 274 g/mol. The first kappa shape index (κ1) is 16.2. The van der Waals surface area contributed by atoms with Gasteiger partial charge in [-0.3, -0.25) is 0 Å². The van der Waals surface area contributed by atoms with Crippen LogP contribution in [0.5, 0.6) is 0 Å². The smallest absolute Gasteiger partial charge is 0.141 e. The molecule has 0 saturated carbocycles. The lowest BCUT2D eigenvalue weighted by molar-refractivity contribution is 0.217. The van der Waals surface area contributed by atoms with Gasteiger partial charge in [-0.25, -0.2) is 4.39 Å². The van der Waals surface area contributed by atoms with Crippen molar-refractivity contribution in [1.82, 2.24) is 0 Å². The van der Waals surface area contributed by atoms with Gasteiger partial charge in [-0.1, -0.05) is 43.7 Å². The lowest BCUT2D eigenvalue weighted by Crippen LogP contribution is -2.01. The standard InChI is InChI=1S/C17H19FO2/c1-2-3-4-7-16(19)8-5-6-9-17(20)14-10-12-15(18)13-11-14/h10-13,16-17,19-20H,2-4,7H2,1H3. The first-order chi connectivity index (χ1) is 9.63. The van der Waals surface area contributed by atoms with Crippen molar-refractivity contribution in [2.45, 2.75) is 44.8 Å². The Morgan fingerprint density at radius 1 is 1.05 bits per heavy atom. The molecule has 1 rings (SSSR count). The van der Waals surface area contributed by atoms with Gasteiger partial charge in [0, 0.05) is 0 Å². The van der Waals surface area contributed by atoms with Gasteiger partial charge < -0.3 is 10.2 Å². The van der Waals surface area contributed by atoms with Gasteiger partial charge in [0.15, 0.2) is 0 Å². The fourth-order valence-electron chi connectivity index (χ4n) is 1.61. The zero-order valence-corrected chi connectivity index (χ0v) is 11.6. The van der Waals surface area contributed by atoms with Crippen LogP contribution in [0, 0.1) is 29.5 Å². The minimum absolute atomic E-state index is 0.357. The summed E-state index contributed by atoms with van der Waals surface area (Å²) in [5, 5.41) is 19.3. The van der Waals surface area contributed by atoms with E-state index in [-0.39, 0.29) is 5.82 Å². The average Bonchev–Trinajstić information content (AvgIpc) is 2.44. The van der Waals surface area contributed by atoms with Gasteiger partial charge in [-0.15, -0.1) is 0 Å². The van der Waals surface area contributed by atoms with Crippen LogP contribution in [-0.4, -0.2) is 16.3 Å². The van der Waals surface area contributed by atoms with E-state index in [2.05, 4.69) is 30.6 Å². The first-order valence-corrected chi connectivity index (χ1v) is 6.76. The van der Waals surface area contributed by atoms with Crippen molar-refractivity contribution >= 4 is 0 Å². The monoisotopic (exact) mass is 274 g/mol. The largest absolute Gasteiger partial charge is 0.380 e. The Balaban J connectivity index is 2.47. The van der Waals surface area contributed by atoms with Crippen molar-refractivity contribution in [1.29, 1.82) is 0 Å². The van der Waals surface area contributed by atoms with Crippen LogP contribution >= 0.6 is 0 Å². The topological polar surface area (TPSA) is 40.5 Å². The van der Waals surface area contributed by atoms with Crippen molar-refractivity contribution in [3.05, 3.63) is 35.6 Å². The van der Waals surface area contributed by atoms with Gasteiger partial charge in [0.1, 0.15) is 18.0 Å². The van der Waals surface area contributed by atoms with E-state index in [1.165, 1.54) is 24.3 Å². The second-order valence-corrected chi connectivity index (χ2v) is 4.50. The summed E-state index contributed by atoms with van der Waals surface area (Å²) in [4.78, 5) is 0. The molecule has 1 aromatic carbocycles. The second kappa shape index (κ2) is 9.15. The van der Waals surface area contributed by atoms with Crippen LogP contribution < -0.4 is 0 Å². The molecule has 0 radical (unpaired) electrons. The lowest BCUT2D eigenvalue weighted by atomic mass is 10.1. The van der Waals surface area contributed by atoms with Crippen molar-refractivity contribution in [2.24, 2.45) is 0 Å². The molecular weight excluding hydrogens is 255 g/mol. The predicted octanol–water partition coefficient (Wildman–Crippen LogP) is 2.81. The number of rotatable bonds is 5. The molecule has 0 spiro atoms. The maximum atomic E-state index is 12.7. The number of aliphatic hydroxyl groups is 2. The van der Waals surface area contributed by atoms with Crippen LogP contribution in [0.2, 0.25) is 0 Å². The zero-order chi connectivity index (χ0) is 14.8. The molecule has 0 heterocycles. The summed E-state index contributed by atoms with van der Waals surface area (Å²) in [7, 11) is 0. The van der Waals surface area contributed by atoms with E-state index >= 15 is 0 Å². The van der Waals surface area contributed by atoms with Crippen LogP contribution in [0.3, 0.4) is 0 Å². The maximum Gasteiger partial charge on any atom is 0.141 e. The molecule has 0 aliphatic carbocycles. The molecule has 2 atom stereocenters. The Morgan fingerprint density at radius 3 is 2.35 bits per heavy atom. The molecule has 0 aliphatic heterocycles. The van der Waals surface area contributed by atoms with E-state index in [4.69, 9.17) is 0 Å². The molecule has 0 aromatic heterocycles. The van der Waals surface area contributed by atoms with E-state index in [0.29, 0.717) is 12.0 Å².